The van der Waals surface area contributed by atoms with Gasteiger partial charge in [-0.05, 0) is 37.1 Å². The standard InChI is InChI=1S/C20H30O4.C8H6O4/c1-3-5-7-11-15-23-19(21)17-13-9-10-14-18(17)20(22)24-16-12-8-6-4-2;9-7(10)5-3-1-2-4-6(5)8(11)12/h9-10,13-14H,3-8,11-12,15-16H2,1-2H3;1-4H,(H,9,10)(H,11,12). The molecule has 8 heteroatoms. The van der Waals surface area contributed by atoms with Crippen LogP contribution in [0.15, 0.2) is 48.5 Å². The lowest BCUT2D eigenvalue weighted by Gasteiger charge is -2.10. The molecule has 0 fully saturated rings. The van der Waals surface area contributed by atoms with Crippen LogP contribution in [-0.4, -0.2) is 47.3 Å². The minimum atomic E-state index is -1.23. The van der Waals surface area contributed by atoms with Gasteiger partial charge in [0, 0.05) is 0 Å². The van der Waals surface area contributed by atoms with Gasteiger partial charge in [-0.1, -0.05) is 76.6 Å². The predicted molar refractivity (Wildman–Crippen MR) is 136 cm³/mol. The van der Waals surface area contributed by atoms with Crippen LogP contribution in [0.5, 0.6) is 0 Å². The number of unbranched alkanes of at least 4 members (excludes halogenated alkanes) is 6. The molecular formula is C28H36O8. The second kappa shape index (κ2) is 17.7. The van der Waals surface area contributed by atoms with E-state index in [-0.39, 0.29) is 22.3 Å². The van der Waals surface area contributed by atoms with Gasteiger partial charge in [0.15, 0.2) is 0 Å². The number of carbonyl (C=O) groups excluding carboxylic acids is 2. The van der Waals surface area contributed by atoms with E-state index in [1.54, 1.807) is 24.3 Å². The molecule has 0 aliphatic carbocycles. The number of ether oxygens (including phenoxy) is 2. The maximum atomic E-state index is 12.2. The van der Waals surface area contributed by atoms with Gasteiger partial charge in [0.2, 0.25) is 0 Å². The number of carbonyl (C=O) groups is 4. The van der Waals surface area contributed by atoms with E-state index in [1.165, 1.54) is 24.3 Å². The summed E-state index contributed by atoms with van der Waals surface area (Å²) < 4.78 is 10.6. The average Bonchev–Trinajstić information content (AvgIpc) is 2.88. The summed E-state index contributed by atoms with van der Waals surface area (Å²) in [5.74, 6) is -3.36. The topological polar surface area (TPSA) is 127 Å². The molecule has 0 aliphatic heterocycles. The minimum absolute atomic E-state index is 0.190. The minimum Gasteiger partial charge on any atom is -0.478 e. The molecule has 2 aromatic carbocycles. The molecule has 0 saturated heterocycles. The highest BCUT2D eigenvalue weighted by Gasteiger charge is 2.18. The molecule has 2 N–H and O–H groups in total. The number of benzene rings is 2. The van der Waals surface area contributed by atoms with Crippen molar-refractivity contribution in [2.45, 2.75) is 65.2 Å². The lowest BCUT2D eigenvalue weighted by molar-refractivity contribution is 0.0450. The van der Waals surface area contributed by atoms with Crippen molar-refractivity contribution in [3.63, 3.8) is 0 Å². The monoisotopic (exact) mass is 500 g/mol. The molecule has 0 radical (unpaired) electrons. The first-order valence-electron chi connectivity index (χ1n) is 12.3. The Hall–Kier alpha value is -3.68. The van der Waals surface area contributed by atoms with Crippen LogP contribution in [0, 0.1) is 0 Å². The highest BCUT2D eigenvalue weighted by Crippen LogP contribution is 2.13. The Bertz CT molecular complexity index is 905. The molecule has 36 heavy (non-hydrogen) atoms. The molecule has 2 rings (SSSR count). The Morgan fingerprint density at radius 3 is 1.19 bits per heavy atom. The van der Waals surface area contributed by atoms with Gasteiger partial charge in [-0.15, -0.1) is 0 Å². The zero-order chi connectivity index (χ0) is 26.8. The molecule has 0 spiro atoms. The number of hydrogen-bond acceptors (Lipinski definition) is 6. The van der Waals surface area contributed by atoms with Crippen molar-refractivity contribution in [1.82, 2.24) is 0 Å². The summed E-state index contributed by atoms with van der Waals surface area (Å²) in [6.07, 6.45) is 8.35. The Morgan fingerprint density at radius 2 is 0.889 bits per heavy atom. The van der Waals surface area contributed by atoms with E-state index in [4.69, 9.17) is 19.7 Å². The molecule has 0 aliphatic rings. The van der Waals surface area contributed by atoms with Crippen LogP contribution in [0.25, 0.3) is 0 Å². The van der Waals surface area contributed by atoms with Gasteiger partial charge in [0.05, 0.1) is 35.5 Å². The van der Waals surface area contributed by atoms with Crippen molar-refractivity contribution in [3.8, 4) is 0 Å². The molecule has 2 aromatic rings. The SMILES string of the molecule is CCCCCCOC(=O)c1ccccc1C(=O)OCCCCCC.O=C(O)c1ccccc1C(=O)O. The lowest BCUT2D eigenvalue weighted by Crippen LogP contribution is -2.15. The number of carboxylic acid groups (broad SMARTS) is 2. The van der Waals surface area contributed by atoms with Gasteiger partial charge < -0.3 is 19.7 Å². The van der Waals surface area contributed by atoms with Gasteiger partial charge in [-0.3, -0.25) is 0 Å². The summed E-state index contributed by atoms with van der Waals surface area (Å²) >= 11 is 0. The zero-order valence-corrected chi connectivity index (χ0v) is 21.0. The molecule has 0 heterocycles. The third-order valence-corrected chi connectivity index (χ3v) is 5.22. The van der Waals surface area contributed by atoms with Crippen LogP contribution in [0.4, 0.5) is 0 Å². The first-order valence-corrected chi connectivity index (χ1v) is 12.3. The van der Waals surface area contributed by atoms with E-state index in [1.807, 2.05) is 0 Å². The smallest absolute Gasteiger partial charge is 0.339 e. The summed E-state index contributed by atoms with van der Waals surface area (Å²) in [7, 11) is 0. The largest absolute Gasteiger partial charge is 0.478 e. The van der Waals surface area contributed by atoms with E-state index in [9.17, 15) is 19.2 Å². The van der Waals surface area contributed by atoms with Crippen molar-refractivity contribution < 1.29 is 38.9 Å². The van der Waals surface area contributed by atoms with Gasteiger partial charge in [-0.2, -0.15) is 0 Å². The third-order valence-electron chi connectivity index (χ3n) is 5.22. The predicted octanol–water partition coefficient (Wildman–Crippen LogP) is 6.24. The number of carboxylic acids is 2. The summed E-state index contributed by atoms with van der Waals surface area (Å²) in [5.41, 5.74) is 0.188. The van der Waals surface area contributed by atoms with E-state index >= 15 is 0 Å². The molecule has 0 bridgehead atoms. The number of esters is 2. The van der Waals surface area contributed by atoms with Crippen molar-refractivity contribution in [1.29, 1.82) is 0 Å². The Kier molecular flexibility index (Phi) is 14.9. The van der Waals surface area contributed by atoms with Crippen molar-refractivity contribution in [3.05, 3.63) is 70.8 Å². The van der Waals surface area contributed by atoms with Crippen LogP contribution in [0.3, 0.4) is 0 Å². The first kappa shape index (κ1) is 30.4. The van der Waals surface area contributed by atoms with Gasteiger partial charge >= 0.3 is 23.9 Å². The number of hydrogen-bond donors (Lipinski definition) is 2. The molecule has 0 saturated carbocycles. The fourth-order valence-corrected chi connectivity index (χ4v) is 3.24. The number of aromatic carboxylic acids is 2. The first-order chi connectivity index (χ1) is 17.3. The van der Waals surface area contributed by atoms with Crippen LogP contribution >= 0.6 is 0 Å². The van der Waals surface area contributed by atoms with E-state index in [0.29, 0.717) is 13.2 Å². The summed E-state index contributed by atoms with van der Waals surface area (Å²) in [4.78, 5) is 45.3. The highest BCUT2D eigenvalue weighted by molar-refractivity contribution is 6.03. The lowest BCUT2D eigenvalue weighted by atomic mass is 10.1. The molecule has 0 atom stereocenters. The fraction of sp³-hybridized carbons (Fsp3) is 0.429. The summed E-state index contributed by atoms with van der Waals surface area (Å²) in [6, 6.07) is 12.2. The second-order valence-corrected chi connectivity index (χ2v) is 8.09. The molecule has 0 unspecified atom stereocenters. The molecule has 0 aromatic heterocycles. The highest BCUT2D eigenvalue weighted by atomic mass is 16.5. The van der Waals surface area contributed by atoms with Crippen molar-refractivity contribution in [2.24, 2.45) is 0 Å². The van der Waals surface area contributed by atoms with Gasteiger partial charge in [0.1, 0.15) is 0 Å². The Balaban J connectivity index is 0.000000450. The van der Waals surface area contributed by atoms with E-state index < -0.39 is 23.9 Å². The summed E-state index contributed by atoms with van der Waals surface area (Å²) in [6.45, 7) is 5.05. The van der Waals surface area contributed by atoms with Crippen LogP contribution in [0.1, 0.15) is 107 Å². The second-order valence-electron chi connectivity index (χ2n) is 8.09. The Labute approximate surface area is 212 Å². The molecule has 196 valence electrons. The van der Waals surface area contributed by atoms with Crippen LogP contribution in [0.2, 0.25) is 0 Å². The fourth-order valence-electron chi connectivity index (χ4n) is 3.24. The number of rotatable bonds is 14. The van der Waals surface area contributed by atoms with Crippen LogP contribution in [-0.2, 0) is 9.47 Å². The molecular weight excluding hydrogens is 464 g/mol. The van der Waals surface area contributed by atoms with E-state index in [0.717, 1.165) is 51.4 Å². The quantitative estimate of drug-likeness (QED) is 0.230. The van der Waals surface area contributed by atoms with Crippen LogP contribution < -0.4 is 0 Å². The van der Waals surface area contributed by atoms with Crippen molar-refractivity contribution in [2.75, 3.05) is 13.2 Å². The summed E-state index contributed by atoms with van der Waals surface area (Å²) in [5, 5.41) is 17.1. The maximum absolute atomic E-state index is 12.2. The van der Waals surface area contributed by atoms with Crippen molar-refractivity contribution >= 4 is 23.9 Å². The third kappa shape index (κ3) is 11.2. The molecule has 8 nitrogen and oxygen atoms in total. The zero-order valence-electron chi connectivity index (χ0n) is 21.0. The van der Waals surface area contributed by atoms with Gasteiger partial charge in [-0.25, -0.2) is 19.2 Å². The van der Waals surface area contributed by atoms with Gasteiger partial charge in [0.25, 0.3) is 0 Å². The normalized spacial score (nSPS) is 10.1. The van der Waals surface area contributed by atoms with E-state index in [2.05, 4.69) is 13.8 Å². The molecule has 0 amide bonds. The average molecular weight is 501 g/mol. The Morgan fingerprint density at radius 1 is 0.556 bits per heavy atom. The maximum Gasteiger partial charge on any atom is 0.339 e.